The molecule has 10 rings (SSSR count). The van der Waals surface area contributed by atoms with Gasteiger partial charge in [0.15, 0.2) is 23.3 Å². The van der Waals surface area contributed by atoms with Crippen molar-refractivity contribution in [1.29, 1.82) is 0 Å². The number of esters is 1. The number of amides is 4. The van der Waals surface area contributed by atoms with Crippen LogP contribution in [-0.4, -0.2) is 140 Å². The van der Waals surface area contributed by atoms with Gasteiger partial charge in [-0.15, -0.1) is 10.2 Å². The maximum absolute atomic E-state index is 12.2. The number of benzene rings is 2. The van der Waals surface area contributed by atoms with E-state index in [4.69, 9.17) is 39.5 Å². The van der Waals surface area contributed by atoms with E-state index in [1.807, 2.05) is 94.2 Å². The van der Waals surface area contributed by atoms with E-state index in [2.05, 4.69) is 36.2 Å². The van der Waals surface area contributed by atoms with E-state index in [0.717, 1.165) is 85.7 Å². The fourth-order valence-electron chi connectivity index (χ4n) is 8.57. The first-order valence-electron chi connectivity index (χ1n) is 24.7. The van der Waals surface area contributed by atoms with Crippen LogP contribution in [0.15, 0.2) is 85.2 Å². The van der Waals surface area contributed by atoms with Gasteiger partial charge in [0.2, 0.25) is 0 Å². The predicted octanol–water partition coefficient (Wildman–Crippen LogP) is 6.47. The molecule has 73 heavy (non-hydrogen) atoms. The highest BCUT2D eigenvalue weighted by Crippen LogP contribution is 2.34. The smallest absolute Gasteiger partial charge is 0.319 e. The Hall–Kier alpha value is -7.36. The summed E-state index contributed by atoms with van der Waals surface area (Å²) in [5, 5.41) is 37.2. The summed E-state index contributed by atoms with van der Waals surface area (Å²) < 4.78 is 20.9. The molecule has 21 nitrogen and oxygen atoms in total. The standard InChI is InChI=1S/C26H32N6O4.C21H24N6O3.C5H10O2/c1-26(2,3)24(33)35-14-12-27-25(34)28-18-8-6-17(7-9-18)22-29-23(21-5-4-13-32(21)30-22)31-15-19-10-11-20(16-31)36-19;28-11-9-22-21(29)23-15-5-3-14(4-6-15)19-24-20(18-2-1-10-27(18)25-19)26-12-16-7-8-17(13-26)30-16;1-5(2,3)4(6)7/h4-9,13,19-20H,10-12,14-16H2,1-3H3,(H2,27,28,34);1-6,10,16-17,28H,7-9,11-13H2,(H2,22,23,29);1-3H3,(H,6,7)/t19-,20+;16-,17+;. The maximum Gasteiger partial charge on any atom is 0.319 e. The first-order valence-corrected chi connectivity index (χ1v) is 24.7. The number of carbonyl (C=O) groups excluding carboxylic acids is 3. The zero-order valence-corrected chi connectivity index (χ0v) is 42.2. The Bertz CT molecular complexity index is 2850. The second-order valence-electron chi connectivity index (χ2n) is 20.5. The van der Waals surface area contributed by atoms with Crippen molar-refractivity contribution < 1.29 is 43.6 Å². The Kier molecular flexibility index (Phi) is 16.1. The predicted molar refractivity (Wildman–Crippen MR) is 276 cm³/mol. The van der Waals surface area contributed by atoms with E-state index >= 15 is 0 Å². The molecular formula is C52H66N12O9. The van der Waals surface area contributed by atoms with E-state index in [-0.39, 0.29) is 68.8 Å². The molecule has 21 heteroatoms. The van der Waals surface area contributed by atoms with Crippen LogP contribution in [0.5, 0.6) is 0 Å². The molecule has 4 bridgehead atoms. The molecule has 8 heterocycles. The summed E-state index contributed by atoms with van der Waals surface area (Å²) in [6.07, 6.45) is 9.35. The summed E-state index contributed by atoms with van der Waals surface area (Å²) in [7, 11) is 0. The number of aromatic nitrogens is 6. The second-order valence-corrected chi connectivity index (χ2v) is 20.5. The van der Waals surface area contributed by atoms with E-state index in [9.17, 15) is 19.2 Å². The number of anilines is 4. The number of hydrogen-bond acceptors (Lipinski definition) is 14. The Morgan fingerprint density at radius 3 is 1.38 bits per heavy atom. The lowest BCUT2D eigenvalue weighted by molar-refractivity contribution is -0.152. The summed E-state index contributed by atoms with van der Waals surface area (Å²) in [6, 6.07) is 22.1. The molecule has 0 saturated carbocycles. The number of aliphatic carboxylic acids is 1. The van der Waals surface area contributed by atoms with E-state index in [0.29, 0.717) is 23.0 Å². The molecule has 4 amide bonds. The molecule has 388 valence electrons. The number of carbonyl (C=O) groups is 4. The molecule has 6 aromatic rings. The highest BCUT2D eigenvalue weighted by Gasteiger charge is 2.36. The number of hydrogen-bond donors (Lipinski definition) is 6. The lowest BCUT2D eigenvalue weighted by Crippen LogP contribution is -2.43. The van der Waals surface area contributed by atoms with Crippen molar-refractivity contribution in [2.75, 3.05) is 72.9 Å². The molecule has 4 atom stereocenters. The number of aliphatic hydroxyl groups excluding tert-OH is 1. The largest absolute Gasteiger partial charge is 0.481 e. The topological polar surface area (TPSA) is 251 Å². The SMILES string of the molecule is CC(C)(C)C(=O)O.CC(C)(C)C(=O)OCCNC(=O)Nc1ccc(-c2nc(N3C[C@H]4CC[C@@H](C3)O4)c3cccn3n2)cc1.O=C(NCCO)Nc1ccc(-c2nc(N3C[C@H]4CC[C@@H](C3)O4)c3cccn3n2)cc1. The van der Waals surface area contributed by atoms with Gasteiger partial charge in [-0.3, -0.25) is 9.59 Å². The molecular weight excluding hydrogens is 937 g/mol. The molecule has 4 aliphatic rings. The van der Waals surface area contributed by atoms with Crippen LogP contribution in [0.25, 0.3) is 33.8 Å². The third kappa shape index (κ3) is 13.4. The Labute approximate surface area is 423 Å². The van der Waals surface area contributed by atoms with E-state index < -0.39 is 16.8 Å². The molecule has 0 aliphatic carbocycles. The van der Waals surface area contributed by atoms with Crippen LogP contribution in [0.3, 0.4) is 0 Å². The normalized spacial score (nSPS) is 19.1. The van der Waals surface area contributed by atoms with Crippen molar-refractivity contribution in [1.82, 2.24) is 39.8 Å². The van der Waals surface area contributed by atoms with Crippen LogP contribution >= 0.6 is 0 Å². The van der Waals surface area contributed by atoms with Crippen molar-refractivity contribution in [2.45, 2.75) is 91.6 Å². The molecule has 4 aliphatic heterocycles. The van der Waals surface area contributed by atoms with Gasteiger partial charge < -0.3 is 55.5 Å². The number of morpholine rings is 2. The van der Waals surface area contributed by atoms with Crippen molar-refractivity contribution in [3.05, 3.63) is 85.2 Å². The first-order chi connectivity index (χ1) is 34.9. The summed E-state index contributed by atoms with van der Waals surface area (Å²) in [5.41, 5.74) is 3.81. The number of rotatable bonds is 11. The van der Waals surface area contributed by atoms with Crippen LogP contribution in [0.4, 0.5) is 32.6 Å². The zero-order chi connectivity index (χ0) is 51.9. The van der Waals surface area contributed by atoms with Crippen LogP contribution in [0.2, 0.25) is 0 Å². The van der Waals surface area contributed by atoms with Gasteiger partial charge in [0.05, 0.1) is 48.4 Å². The number of nitrogens with zero attached hydrogens (tertiary/aromatic N) is 8. The minimum atomic E-state index is -0.757. The van der Waals surface area contributed by atoms with Gasteiger partial charge in [0.25, 0.3) is 0 Å². The van der Waals surface area contributed by atoms with Crippen molar-refractivity contribution in [3.63, 3.8) is 0 Å². The third-order valence-corrected chi connectivity index (χ3v) is 12.5. The number of carboxylic acid groups (broad SMARTS) is 1. The average molecular weight is 1000 g/mol. The fourth-order valence-corrected chi connectivity index (χ4v) is 8.57. The van der Waals surface area contributed by atoms with Gasteiger partial charge >= 0.3 is 24.0 Å². The van der Waals surface area contributed by atoms with Crippen LogP contribution in [-0.2, 0) is 23.8 Å². The van der Waals surface area contributed by atoms with Crippen LogP contribution in [0.1, 0.15) is 67.2 Å². The molecule has 4 aromatic heterocycles. The van der Waals surface area contributed by atoms with Crippen LogP contribution < -0.4 is 31.1 Å². The molecule has 4 saturated heterocycles. The minimum absolute atomic E-state index is 0.0987. The number of carboxylic acids is 1. The van der Waals surface area contributed by atoms with E-state index in [1.54, 1.807) is 41.5 Å². The molecule has 2 aromatic carbocycles. The highest BCUT2D eigenvalue weighted by atomic mass is 16.5. The third-order valence-electron chi connectivity index (χ3n) is 12.5. The monoisotopic (exact) mass is 1000 g/mol. The number of urea groups is 2. The van der Waals surface area contributed by atoms with Crippen LogP contribution in [0, 0.1) is 10.8 Å². The Balaban J connectivity index is 0.000000174. The highest BCUT2D eigenvalue weighted by molar-refractivity contribution is 5.90. The fraction of sp³-hybridized carbons (Fsp3) is 0.462. The summed E-state index contributed by atoms with van der Waals surface area (Å²) >= 11 is 0. The molecule has 0 unspecified atom stereocenters. The lowest BCUT2D eigenvalue weighted by atomic mass is 9.97. The van der Waals surface area contributed by atoms with Crippen molar-refractivity contribution in [3.8, 4) is 22.8 Å². The Morgan fingerprint density at radius 1 is 0.616 bits per heavy atom. The second kappa shape index (κ2) is 22.6. The van der Waals surface area contributed by atoms with Crippen molar-refractivity contribution in [2.24, 2.45) is 10.8 Å². The maximum atomic E-state index is 12.2. The quantitative estimate of drug-likeness (QED) is 0.0601. The molecule has 6 N–H and O–H groups in total. The number of nitrogens with one attached hydrogen (secondary N) is 4. The zero-order valence-electron chi connectivity index (χ0n) is 42.2. The minimum Gasteiger partial charge on any atom is -0.481 e. The van der Waals surface area contributed by atoms with Gasteiger partial charge in [0, 0.05) is 67.6 Å². The summed E-state index contributed by atoms with van der Waals surface area (Å²) in [4.78, 5) is 60.2. The number of ether oxygens (including phenoxy) is 3. The lowest BCUT2D eigenvalue weighted by Gasteiger charge is -2.33. The Morgan fingerprint density at radius 2 is 1.01 bits per heavy atom. The van der Waals surface area contributed by atoms with Gasteiger partial charge in [-0.1, -0.05) is 0 Å². The summed E-state index contributed by atoms with van der Waals surface area (Å²) in [5.74, 6) is 2.03. The molecule has 4 fully saturated rings. The first kappa shape index (κ1) is 52.0. The number of aliphatic hydroxyl groups is 1. The number of fused-ring (bicyclic) bond motifs is 6. The summed E-state index contributed by atoms with van der Waals surface area (Å²) in [6.45, 7) is 14.2. The van der Waals surface area contributed by atoms with Gasteiger partial charge in [0.1, 0.15) is 17.6 Å². The van der Waals surface area contributed by atoms with E-state index in [1.165, 1.54) is 0 Å². The van der Waals surface area contributed by atoms with Gasteiger partial charge in [-0.25, -0.2) is 28.6 Å². The molecule has 0 spiro atoms. The molecule has 0 radical (unpaired) electrons. The van der Waals surface area contributed by atoms with Gasteiger partial charge in [-0.2, -0.15) is 0 Å². The van der Waals surface area contributed by atoms with Crippen molar-refractivity contribution >= 4 is 58.0 Å². The average Bonchev–Trinajstić information content (AvgIpc) is 4.19. The van der Waals surface area contributed by atoms with Gasteiger partial charge in [-0.05, 0) is 140 Å².